The first kappa shape index (κ1) is 18.9. The van der Waals surface area contributed by atoms with Gasteiger partial charge in [0.15, 0.2) is 5.96 Å². The van der Waals surface area contributed by atoms with E-state index in [-0.39, 0.29) is 35.9 Å². The lowest BCUT2D eigenvalue weighted by Crippen LogP contribution is -2.36. The molecule has 0 aromatic heterocycles. The van der Waals surface area contributed by atoms with E-state index in [1.165, 1.54) is 12.1 Å². The van der Waals surface area contributed by atoms with Crippen LogP contribution in [0.25, 0.3) is 0 Å². The molecule has 0 aliphatic rings. The Kier molecular flexibility index (Phi) is 8.52. The summed E-state index contributed by atoms with van der Waals surface area (Å²) in [6.07, 6.45) is -0.114. The summed E-state index contributed by atoms with van der Waals surface area (Å²) in [7, 11) is 7.77. The summed E-state index contributed by atoms with van der Waals surface area (Å²) in [5, 5.41) is 0. The zero-order valence-corrected chi connectivity index (χ0v) is 15.0. The Labute approximate surface area is 137 Å². The van der Waals surface area contributed by atoms with Gasteiger partial charge in [-0.3, -0.25) is 0 Å². The Hall–Kier alpha value is -1.05. The van der Waals surface area contributed by atoms with Crippen LogP contribution in [0.2, 0.25) is 0 Å². The molecule has 0 spiro atoms. The smallest absolute Gasteiger partial charge is 0.195 e. The highest BCUT2D eigenvalue weighted by Crippen LogP contribution is 2.13. The highest BCUT2D eigenvalue weighted by Gasteiger charge is 2.08. The second kappa shape index (κ2) is 8.99. The van der Waals surface area contributed by atoms with Crippen molar-refractivity contribution in [3.8, 4) is 5.75 Å². The van der Waals surface area contributed by atoms with E-state index in [1.54, 1.807) is 12.1 Å². The molecule has 0 aliphatic heterocycles. The molecule has 0 saturated heterocycles. The first-order valence-electron chi connectivity index (χ1n) is 6.21. The van der Waals surface area contributed by atoms with Gasteiger partial charge in [0.25, 0.3) is 0 Å². The lowest BCUT2D eigenvalue weighted by atomic mass is 10.3. The third kappa shape index (κ3) is 6.40. The molecule has 1 atom stereocenters. The number of hydrogen-bond donors (Lipinski definition) is 0. The van der Waals surface area contributed by atoms with Gasteiger partial charge in [-0.25, -0.2) is 9.38 Å². The standard InChI is InChI=1S/C14H22FN3O.HI/c1-11(10-16-14(17(2)3)18(4)5)19-13-8-6-7-12(15)9-13;/h6-9,11H,10H2,1-5H3;1H. The van der Waals surface area contributed by atoms with Crippen LogP contribution >= 0.6 is 24.0 Å². The fraction of sp³-hybridized carbons (Fsp3) is 0.500. The topological polar surface area (TPSA) is 28.1 Å². The minimum absolute atomic E-state index is 0. The van der Waals surface area contributed by atoms with E-state index in [4.69, 9.17) is 4.74 Å². The molecule has 20 heavy (non-hydrogen) atoms. The molecule has 0 bridgehead atoms. The summed E-state index contributed by atoms with van der Waals surface area (Å²) in [4.78, 5) is 8.37. The van der Waals surface area contributed by atoms with Crippen molar-refractivity contribution in [3.05, 3.63) is 30.1 Å². The zero-order valence-electron chi connectivity index (χ0n) is 12.6. The van der Waals surface area contributed by atoms with Crippen LogP contribution in [0.15, 0.2) is 29.3 Å². The van der Waals surface area contributed by atoms with Gasteiger partial charge < -0.3 is 14.5 Å². The zero-order chi connectivity index (χ0) is 14.4. The van der Waals surface area contributed by atoms with Crippen molar-refractivity contribution in [2.24, 2.45) is 4.99 Å². The van der Waals surface area contributed by atoms with Gasteiger partial charge >= 0.3 is 0 Å². The SMILES string of the molecule is CC(CN=C(N(C)C)N(C)C)Oc1cccc(F)c1.I. The molecule has 1 aromatic rings. The third-order valence-electron chi connectivity index (χ3n) is 2.42. The summed E-state index contributed by atoms with van der Waals surface area (Å²) in [6.45, 7) is 2.43. The molecule has 0 heterocycles. The predicted octanol–water partition coefficient (Wildman–Crippen LogP) is 2.69. The summed E-state index contributed by atoms with van der Waals surface area (Å²) < 4.78 is 18.6. The van der Waals surface area contributed by atoms with Gasteiger partial charge in [-0.2, -0.15) is 0 Å². The Morgan fingerprint density at radius 1 is 1.25 bits per heavy atom. The molecule has 1 rings (SSSR count). The molecule has 0 amide bonds. The fourth-order valence-corrected chi connectivity index (χ4v) is 1.70. The molecule has 0 aliphatic carbocycles. The predicted molar refractivity (Wildman–Crippen MR) is 91.6 cm³/mol. The third-order valence-corrected chi connectivity index (χ3v) is 2.42. The Morgan fingerprint density at radius 3 is 2.35 bits per heavy atom. The maximum Gasteiger partial charge on any atom is 0.195 e. The van der Waals surface area contributed by atoms with E-state index in [2.05, 4.69) is 4.99 Å². The molecule has 0 fully saturated rings. The molecular weight excluding hydrogens is 372 g/mol. The van der Waals surface area contributed by atoms with Crippen LogP contribution < -0.4 is 4.74 Å². The van der Waals surface area contributed by atoms with Gasteiger partial charge in [0.2, 0.25) is 0 Å². The number of guanidine groups is 1. The van der Waals surface area contributed by atoms with E-state index in [1.807, 2.05) is 44.9 Å². The van der Waals surface area contributed by atoms with E-state index in [0.29, 0.717) is 12.3 Å². The van der Waals surface area contributed by atoms with Gasteiger partial charge in [0, 0.05) is 34.3 Å². The first-order valence-corrected chi connectivity index (χ1v) is 6.21. The van der Waals surface area contributed by atoms with E-state index >= 15 is 0 Å². The molecule has 0 N–H and O–H groups in total. The van der Waals surface area contributed by atoms with Gasteiger partial charge in [0.1, 0.15) is 17.7 Å². The monoisotopic (exact) mass is 395 g/mol. The number of aliphatic imine (C=N–C) groups is 1. The number of ether oxygens (including phenoxy) is 1. The van der Waals surface area contributed by atoms with Crippen molar-refractivity contribution in [3.63, 3.8) is 0 Å². The summed E-state index contributed by atoms with van der Waals surface area (Å²) in [5.41, 5.74) is 0. The van der Waals surface area contributed by atoms with Crippen molar-refractivity contribution < 1.29 is 9.13 Å². The molecule has 114 valence electrons. The van der Waals surface area contributed by atoms with Gasteiger partial charge in [-0.1, -0.05) is 6.07 Å². The van der Waals surface area contributed by atoms with Gasteiger partial charge in [-0.05, 0) is 19.1 Å². The summed E-state index contributed by atoms with van der Waals surface area (Å²) >= 11 is 0. The Balaban J connectivity index is 0.00000361. The number of hydrogen-bond acceptors (Lipinski definition) is 2. The van der Waals surface area contributed by atoms with Gasteiger partial charge in [-0.15, -0.1) is 24.0 Å². The number of halogens is 2. The van der Waals surface area contributed by atoms with Crippen LogP contribution in [0.4, 0.5) is 4.39 Å². The van der Waals surface area contributed by atoms with E-state index in [0.717, 1.165) is 5.96 Å². The van der Waals surface area contributed by atoms with Crippen molar-refractivity contribution in [2.75, 3.05) is 34.7 Å². The molecule has 0 saturated carbocycles. The van der Waals surface area contributed by atoms with Crippen molar-refractivity contribution in [1.29, 1.82) is 0 Å². The maximum atomic E-state index is 13.0. The maximum absolute atomic E-state index is 13.0. The lowest BCUT2D eigenvalue weighted by Gasteiger charge is -2.23. The minimum atomic E-state index is -0.296. The average molecular weight is 395 g/mol. The summed E-state index contributed by atoms with van der Waals surface area (Å²) in [5.74, 6) is 1.10. The van der Waals surface area contributed by atoms with Crippen molar-refractivity contribution >= 4 is 29.9 Å². The Bertz CT molecular complexity index is 428. The van der Waals surface area contributed by atoms with Crippen molar-refractivity contribution in [2.45, 2.75) is 13.0 Å². The van der Waals surface area contributed by atoms with Crippen LogP contribution in [0.3, 0.4) is 0 Å². The second-order valence-corrected chi connectivity index (χ2v) is 4.82. The number of rotatable bonds is 4. The lowest BCUT2D eigenvalue weighted by molar-refractivity contribution is 0.228. The quantitative estimate of drug-likeness (QED) is 0.446. The highest BCUT2D eigenvalue weighted by atomic mass is 127. The highest BCUT2D eigenvalue weighted by molar-refractivity contribution is 14.0. The van der Waals surface area contributed by atoms with Crippen LogP contribution in [0.5, 0.6) is 5.75 Å². The number of nitrogens with zero attached hydrogens (tertiary/aromatic N) is 3. The molecule has 1 aromatic carbocycles. The van der Waals surface area contributed by atoms with Crippen LogP contribution in [-0.2, 0) is 0 Å². The first-order chi connectivity index (χ1) is 8.90. The molecule has 6 heteroatoms. The van der Waals surface area contributed by atoms with Gasteiger partial charge in [0.05, 0.1) is 6.54 Å². The molecule has 4 nitrogen and oxygen atoms in total. The normalized spacial score (nSPS) is 11.1. The average Bonchev–Trinajstić information content (AvgIpc) is 2.27. The molecule has 0 radical (unpaired) electrons. The molecule has 1 unspecified atom stereocenters. The summed E-state index contributed by atoms with van der Waals surface area (Å²) in [6, 6.07) is 6.14. The van der Waals surface area contributed by atoms with Crippen LogP contribution in [-0.4, -0.2) is 56.6 Å². The van der Waals surface area contributed by atoms with Crippen LogP contribution in [0, 0.1) is 5.82 Å². The fourth-order valence-electron chi connectivity index (χ4n) is 1.70. The molecular formula is C14H23FIN3O. The van der Waals surface area contributed by atoms with E-state index < -0.39 is 0 Å². The van der Waals surface area contributed by atoms with E-state index in [9.17, 15) is 4.39 Å². The van der Waals surface area contributed by atoms with Crippen molar-refractivity contribution in [1.82, 2.24) is 9.80 Å². The Morgan fingerprint density at radius 2 is 1.85 bits per heavy atom. The largest absolute Gasteiger partial charge is 0.489 e. The number of benzene rings is 1. The second-order valence-electron chi connectivity index (χ2n) is 4.82. The van der Waals surface area contributed by atoms with Crippen LogP contribution in [0.1, 0.15) is 6.92 Å². The minimum Gasteiger partial charge on any atom is -0.489 e.